The van der Waals surface area contributed by atoms with Crippen LogP contribution in [0.2, 0.25) is 5.02 Å². The Morgan fingerprint density at radius 2 is 1.67 bits per heavy atom. The second-order valence-corrected chi connectivity index (χ2v) is 11.1. The number of benzene rings is 3. The van der Waals surface area contributed by atoms with Crippen LogP contribution in [0, 0.1) is 3.57 Å². The normalized spacial score (nSPS) is 18.5. The Morgan fingerprint density at radius 1 is 0.949 bits per heavy atom. The molecule has 0 spiro atoms. The monoisotopic (exact) mass is 668 g/mol. The maximum Gasteiger partial charge on any atom is 0.416 e. The summed E-state index contributed by atoms with van der Waals surface area (Å²) in [5.74, 6) is -1.90. The van der Waals surface area contributed by atoms with Crippen LogP contribution in [-0.4, -0.2) is 34.3 Å². The Hall–Kier alpha value is -3.12. The molecular weight excluding hydrogens is 648 g/mol. The number of amides is 2. The number of alkyl halides is 3. The van der Waals surface area contributed by atoms with Crippen LogP contribution < -0.4 is 4.90 Å². The van der Waals surface area contributed by atoms with E-state index in [1.807, 2.05) is 0 Å². The first-order valence-electron chi connectivity index (χ1n) is 12.1. The lowest BCUT2D eigenvalue weighted by atomic mass is 9.94. The molecule has 6 nitrogen and oxygen atoms in total. The molecule has 0 unspecified atom stereocenters. The number of aliphatic carboxylic acids is 1. The zero-order chi connectivity index (χ0) is 28.1. The summed E-state index contributed by atoms with van der Waals surface area (Å²) in [7, 11) is 0. The summed E-state index contributed by atoms with van der Waals surface area (Å²) < 4.78 is 42.0. The minimum atomic E-state index is -4.62. The lowest BCUT2D eigenvalue weighted by Gasteiger charge is -2.30. The van der Waals surface area contributed by atoms with Crippen molar-refractivity contribution >= 4 is 57.7 Å². The van der Waals surface area contributed by atoms with Crippen molar-refractivity contribution in [3.63, 3.8) is 0 Å². The van der Waals surface area contributed by atoms with E-state index < -0.39 is 41.6 Å². The van der Waals surface area contributed by atoms with Crippen molar-refractivity contribution in [3.05, 3.63) is 97.1 Å². The highest BCUT2D eigenvalue weighted by Crippen LogP contribution is 2.51. The van der Waals surface area contributed by atoms with E-state index in [2.05, 4.69) is 22.6 Å². The fourth-order valence-electron chi connectivity index (χ4n) is 5.25. The van der Waals surface area contributed by atoms with Crippen LogP contribution in [0.1, 0.15) is 64.0 Å². The smallest absolute Gasteiger partial charge is 0.416 e. The molecule has 0 radical (unpaired) electrons. The molecule has 1 N–H and O–H groups in total. The number of hydrogen-bond donors (Lipinski definition) is 1. The quantitative estimate of drug-likeness (QED) is 0.230. The number of unbranched alkanes of at least 4 members (excludes halogenated alkanes) is 1. The lowest BCUT2D eigenvalue weighted by molar-refractivity contribution is -0.138. The van der Waals surface area contributed by atoms with Gasteiger partial charge in [-0.2, -0.15) is 13.2 Å². The Kier molecular flexibility index (Phi) is 7.36. The zero-order valence-corrected chi connectivity index (χ0v) is 23.1. The molecule has 39 heavy (non-hydrogen) atoms. The van der Waals surface area contributed by atoms with Crippen molar-refractivity contribution in [1.82, 2.24) is 4.90 Å². The predicted molar refractivity (Wildman–Crippen MR) is 147 cm³/mol. The third-order valence-corrected chi connectivity index (χ3v) is 7.90. The molecular formula is C28H21ClF3IN2O4. The number of fused-ring (bicyclic) bond motifs is 4. The molecule has 0 bridgehead atoms. The van der Waals surface area contributed by atoms with Crippen LogP contribution in [0.4, 0.5) is 18.9 Å². The van der Waals surface area contributed by atoms with E-state index in [4.69, 9.17) is 16.7 Å². The molecule has 2 aliphatic rings. The van der Waals surface area contributed by atoms with Crippen LogP contribution in [0.15, 0.2) is 60.7 Å². The van der Waals surface area contributed by atoms with Gasteiger partial charge in [0.1, 0.15) is 6.04 Å². The molecule has 0 saturated heterocycles. The molecule has 0 aromatic heterocycles. The average Bonchev–Trinajstić information content (AvgIpc) is 3.19. The number of anilines is 1. The van der Waals surface area contributed by atoms with Crippen molar-refractivity contribution in [2.24, 2.45) is 0 Å². The van der Waals surface area contributed by atoms with Gasteiger partial charge in [0.2, 0.25) is 0 Å². The minimum Gasteiger partial charge on any atom is -0.481 e. The highest BCUT2D eigenvalue weighted by atomic mass is 127. The summed E-state index contributed by atoms with van der Waals surface area (Å²) in [6.07, 6.45) is -4.00. The molecule has 0 saturated carbocycles. The standard InChI is InChI=1S/C28H21ClF3IN2O4/c29-17-7-4-15(5-8-17)24-20-13-16(28(30,31)32)6-10-19(20)25-27(39)34(12-2-1-3-23(36)37)22-11-9-18(33)14-21(22)26(38)35(24)25/h4-11,13-14,24-25H,1-3,12H2,(H,36,37)/t24-,25-/m0/s1. The van der Waals surface area contributed by atoms with E-state index in [9.17, 15) is 27.6 Å². The molecule has 3 aromatic rings. The van der Waals surface area contributed by atoms with E-state index in [0.717, 1.165) is 15.7 Å². The fraction of sp³-hybridized carbons (Fsp3) is 0.250. The van der Waals surface area contributed by atoms with Crippen molar-refractivity contribution in [2.75, 3.05) is 11.4 Å². The van der Waals surface area contributed by atoms with Gasteiger partial charge in [-0.15, -0.1) is 0 Å². The summed E-state index contributed by atoms with van der Waals surface area (Å²) in [6, 6.07) is 12.6. The molecule has 202 valence electrons. The van der Waals surface area contributed by atoms with Crippen LogP contribution in [0.3, 0.4) is 0 Å². The largest absolute Gasteiger partial charge is 0.481 e. The summed E-state index contributed by atoms with van der Waals surface area (Å²) in [5, 5.41) is 9.44. The van der Waals surface area contributed by atoms with E-state index in [1.54, 1.807) is 42.5 Å². The molecule has 0 aliphatic carbocycles. The van der Waals surface area contributed by atoms with Crippen molar-refractivity contribution in [2.45, 2.75) is 37.5 Å². The number of carboxylic acids is 1. The first-order chi connectivity index (χ1) is 18.5. The van der Waals surface area contributed by atoms with E-state index in [-0.39, 0.29) is 24.1 Å². The predicted octanol–water partition coefficient (Wildman–Crippen LogP) is 6.85. The minimum absolute atomic E-state index is 0.0717. The van der Waals surface area contributed by atoms with Crippen LogP contribution in [0.5, 0.6) is 0 Å². The number of carbonyl (C=O) groups is 3. The van der Waals surface area contributed by atoms with Crippen molar-refractivity contribution in [1.29, 1.82) is 0 Å². The van der Waals surface area contributed by atoms with Crippen molar-refractivity contribution in [3.8, 4) is 0 Å². The van der Waals surface area contributed by atoms with Gasteiger partial charge in [-0.3, -0.25) is 14.4 Å². The van der Waals surface area contributed by atoms with Gasteiger partial charge in [0, 0.05) is 21.6 Å². The third-order valence-electron chi connectivity index (χ3n) is 6.98. The van der Waals surface area contributed by atoms with Crippen molar-refractivity contribution < 1.29 is 32.7 Å². The Balaban J connectivity index is 1.69. The number of carboxylic acid groups (broad SMARTS) is 1. The van der Waals surface area contributed by atoms with Gasteiger partial charge in [-0.1, -0.05) is 29.8 Å². The van der Waals surface area contributed by atoms with Crippen LogP contribution in [-0.2, 0) is 15.8 Å². The molecule has 2 atom stereocenters. The molecule has 5 rings (SSSR count). The number of hydrogen-bond acceptors (Lipinski definition) is 3. The van der Waals surface area contributed by atoms with Gasteiger partial charge in [0.25, 0.3) is 11.8 Å². The van der Waals surface area contributed by atoms with Gasteiger partial charge >= 0.3 is 12.1 Å². The summed E-state index contributed by atoms with van der Waals surface area (Å²) in [6.45, 7) is 0.152. The van der Waals surface area contributed by atoms with Gasteiger partial charge in [-0.25, -0.2) is 0 Å². The molecule has 0 fully saturated rings. The number of carbonyl (C=O) groups excluding carboxylic acids is 2. The Morgan fingerprint density at radius 3 is 2.33 bits per heavy atom. The molecule has 11 heteroatoms. The van der Waals surface area contributed by atoms with E-state index >= 15 is 0 Å². The Labute approximate surface area is 240 Å². The third kappa shape index (κ3) is 5.11. The van der Waals surface area contributed by atoms with Gasteiger partial charge in [0.05, 0.1) is 22.9 Å². The maximum absolute atomic E-state index is 14.2. The fourth-order valence-corrected chi connectivity index (χ4v) is 5.87. The molecule has 2 aliphatic heterocycles. The van der Waals surface area contributed by atoms with Gasteiger partial charge < -0.3 is 14.9 Å². The number of halogens is 5. The average molecular weight is 669 g/mol. The van der Waals surface area contributed by atoms with Gasteiger partial charge in [-0.05, 0) is 94.6 Å². The molecule has 3 aromatic carbocycles. The van der Waals surface area contributed by atoms with Gasteiger partial charge in [0.15, 0.2) is 0 Å². The topological polar surface area (TPSA) is 77.9 Å². The van der Waals surface area contributed by atoms with Crippen LogP contribution in [0.25, 0.3) is 0 Å². The zero-order valence-electron chi connectivity index (χ0n) is 20.2. The molecule has 2 amide bonds. The summed E-state index contributed by atoms with van der Waals surface area (Å²) in [5.41, 5.74) is 0.819. The lowest BCUT2D eigenvalue weighted by Crippen LogP contribution is -2.40. The highest BCUT2D eigenvalue weighted by molar-refractivity contribution is 14.1. The summed E-state index contributed by atoms with van der Waals surface area (Å²) in [4.78, 5) is 42.2. The first-order valence-corrected chi connectivity index (χ1v) is 13.5. The second kappa shape index (κ2) is 10.5. The SMILES string of the molecule is O=C(O)CCCCN1C(=O)[C@@H]2c3ccc(C(F)(F)F)cc3[C@H](c3ccc(Cl)cc3)N2C(=O)c2cc(I)ccc21. The maximum atomic E-state index is 14.2. The van der Waals surface area contributed by atoms with E-state index in [0.29, 0.717) is 34.7 Å². The molecule has 2 heterocycles. The number of nitrogens with zero attached hydrogens (tertiary/aromatic N) is 2. The highest BCUT2D eigenvalue weighted by Gasteiger charge is 2.50. The summed E-state index contributed by atoms with van der Waals surface area (Å²) >= 11 is 8.13. The first kappa shape index (κ1) is 27.4. The second-order valence-electron chi connectivity index (χ2n) is 9.41. The van der Waals surface area contributed by atoms with E-state index in [1.165, 1.54) is 15.9 Å². The number of rotatable bonds is 6. The Bertz CT molecular complexity index is 1480. The van der Waals surface area contributed by atoms with Crippen LogP contribution >= 0.6 is 34.2 Å².